The Labute approximate surface area is 132 Å². The summed E-state index contributed by atoms with van der Waals surface area (Å²) in [4.78, 5) is 21.6. The fraction of sp³-hybridized carbons (Fsp3) is 0.500. The molecule has 2 aliphatic heterocycles. The summed E-state index contributed by atoms with van der Waals surface area (Å²) in [6, 6.07) is 0. The van der Waals surface area contributed by atoms with Crippen molar-refractivity contribution in [1.82, 2.24) is 14.4 Å². The average Bonchev–Trinajstić information content (AvgIpc) is 3.04. The number of aromatic nitrogens is 3. The standard InChI is InChI=1S/C14H16N4O4S/c1-14-7-18(4-9(14)6-23(21,22)8-14)11-12-16-10(13(19)20)5-17(12)3-2-15-11/h2-3,5,9H,4,6-8H2,1H3,(H,19,20)/t9-,14+/m0/s1. The number of imidazole rings is 1. The smallest absolute Gasteiger partial charge is 0.356 e. The maximum absolute atomic E-state index is 11.9. The van der Waals surface area contributed by atoms with E-state index >= 15 is 0 Å². The molecule has 4 heterocycles. The summed E-state index contributed by atoms with van der Waals surface area (Å²) < 4.78 is 25.4. The summed E-state index contributed by atoms with van der Waals surface area (Å²) >= 11 is 0. The second-order valence-electron chi connectivity index (χ2n) is 6.70. The van der Waals surface area contributed by atoms with Gasteiger partial charge in [0.1, 0.15) is 0 Å². The highest BCUT2D eigenvalue weighted by Gasteiger charge is 2.53. The molecule has 0 bridgehead atoms. The van der Waals surface area contributed by atoms with E-state index in [2.05, 4.69) is 9.97 Å². The first-order valence-corrected chi connectivity index (χ1v) is 9.12. The molecule has 9 heteroatoms. The Morgan fingerprint density at radius 2 is 2.26 bits per heavy atom. The van der Waals surface area contributed by atoms with E-state index in [9.17, 15) is 13.2 Å². The number of hydrogen-bond donors (Lipinski definition) is 1. The van der Waals surface area contributed by atoms with E-state index in [1.54, 1.807) is 16.8 Å². The van der Waals surface area contributed by atoms with Crippen LogP contribution in [-0.4, -0.2) is 58.5 Å². The fourth-order valence-electron chi connectivity index (χ4n) is 3.79. The topological polar surface area (TPSA) is 105 Å². The van der Waals surface area contributed by atoms with E-state index < -0.39 is 15.8 Å². The summed E-state index contributed by atoms with van der Waals surface area (Å²) in [7, 11) is -2.96. The summed E-state index contributed by atoms with van der Waals surface area (Å²) in [5.41, 5.74) is 0.166. The molecular weight excluding hydrogens is 320 g/mol. The molecule has 0 unspecified atom stereocenters. The van der Waals surface area contributed by atoms with Crippen LogP contribution >= 0.6 is 0 Å². The van der Waals surface area contributed by atoms with Crippen LogP contribution in [0, 0.1) is 11.3 Å². The Morgan fingerprint density at radius 1 is 1.48 bits per heavy atom. The molecule has 0 amide bonds. The Kier molecular flexibility index (Phi) is 2.78. The molecule has 0 spiro atoms. The van der Waals surface area contributed by atoms with E-state index in [1.165, 1.54) is 6.20 Å². The highest BCUT2D eigenvalue weighted by molar-refractivity contribution is 7.91. The van der Waals surface area contributed by atoms with Gasteiger partial charge in [0.2, 0.25) is 0 Å². The molecule has 0 radical (unpaired) electrons. The molecule has 2 fully saturated rings. The van der Waals surface area contributed by atoms with Crippen LogP contribution < -0.4 is 4.90 Å². The van der Waals surface area contributed by atoms with Crippen molar-refractivity contribution in [3.8, 4) is 0 Å². The van der Waals surface area contributed by atoms with Crippen LogP contribution in [0.4, 0.5) is 5.82 Å². The van der Waals surface area contributed by atoms with Crippen LogP contribution in [0.5, 0.6) is 0 Å². The highest BCUT2D eigenvalue weighted by Crippen LogP contribution is 2.44. The number of fused-ring (bicyclic) bond motifs is 2. The molecule has 2 aromatic rings. The Balaban J connectivity index is 1.73. The van der Waals surface area contributed by atoms with Crippen molar-refractivity contribution >= 4 is 27.3 Å². The first-order chi connectivity index (χ1) is 10.8. The van der Waals surface area contributed by atoms with Crippen LogP contribution in [0.15, 0.2) is 18.6 Å². The third kappa shape index (κ3) is 2.18. The Morgan fingerprint density at radius 3 is 2.96 bits per heavy atom. The number of anilines is 1. The first kappa shape index (κ1) is 14.4. The molecule has 2 aliphatic rings. The highest BCUT2D eigenvalue weighted by atomic mass is 32.2. The number of nitrogens with zero attached hydrogens (tertiary/aromatic N) is 4. The minimum atomic E-state index is -2.96. The van der Waals surface area contributed by atoms with Gasteiger partial charge < -0.3 is 14.4 Å². The molecule has 2 aromatic heterocycles. The van der Waals surface area contributed by atoms with E-state index in [0.717, 1.165) is 0 Å². The maximum atomic E-state index is 11.9. The van der Waals surface area contributed by atoms with Gasteiger partial charge in [-0.2, -0.15) is 0 Å². The maximum Gasteiger partial charge on any atom is 0.356 e. The van der Waals surface area contributed by atoms with Crippen molar-refractivity contribution in [3.05, 3.63) is 24.3 Å². The average molecular weight is 336 g/mol. The van der Waals surface area contributed by atoms with Crippen LogP contribution in [0.3, 0.4) is 0 Å². The summed E-state index contributed by atoms with van der Waals surface area (Å²) in [6.07, 6.45) is 4.70. The number of aromatic carboxylic acids is 1. The monoisotopic (exact) mass is 336 g/mol. The van der Waals surface area contributed by atoms with Crippen LogP contribution in [0.2, 0.25) is 0 Å². The number of carboxylic acid groups (broad SMARTS) is 1. The van der Waals surface area contributed by atoms with Gasteiger partial charge in [-0.05, 0) is 5.92 Å². The van der Waals surface area contributed by atoms with Gasteiger partial charge in [0.05, 0.1) is 11.5 Å². The molecular formula is C14H16N4O4S. The van der Waals surface area contributed by atoms with Gasteiger partial charge in [0, 0.05) is 37.1 Å². The number of carbonyl (C=O) groups is 1. The number of sulfone groups is 1. The molecule has 4 rings (SSSR count). The van der Waals surface area contributed by atoms with Gasteiger partial charge in [-0.1, -0.05) is 6.92 Å². The Hall–Kier alpha value is -2.16. The largest absolute Gasteiger partial charge is 0.476 e. The predicted molar refractivity (Wildman–Crippen MR) is 82.4 cm³/mol. The molecule has 0 aromatic carbocycles. The summed E-state index contributed by atoms with van der Waals surface area (Å²) in [5.74, 6) is -0.00990. The molecule has 8 nitrogen and oxygen atoms in total. The van der Waals surface area contributed by atoms with Gasteiger partial charge in [-0.3, -0.25) is 0 Å². The van der Waals surface area contributed by atoms with Gasteiger partial charge in [0.25, 0.3) is 0 Å². The molecule has 0 aliphatic carbocycles. The zero-order chi connectivity index (χ0) is 16.4. The SMILES string of the molecule is C[C@]12CN(c3nccn4cc(C(=O)O)nc34)C[C@H]1CS(=O)(=O)C2. The minimum Gasteiger partial charge on any atom is -0.476 e. The second kappa shape index (κ2) is 4.44. The van der Waals surface area contributed by atoms with Gasteiger partial charge in [-0.25, -0.2) is 23.2 Å². The molecule has 0 saturated carbocycles. The van der Waals surface area contributed by atoms with E-state index in [4.69, 9.17) is 5.11 Å². The van der Waals surface area contributed by atoms with Gasteiger partial charge in [0.15, 0.2) is 27.0 Å². The summed E-state index contributed by atoms with van der Waals surface area (Å²) in [6.45, 7) is 3.17. The van der Waals surface area contributed by atoms with E-state index in [-0.39, 0.29) is 28.5 Å². The number of carboxylic acids is 1. The Bertz CT molecular complexity index is 922. The van der Waals surface area contributed by atoms with Crippen molar-refractivity contribution in [2.45, 2.75) is 6.92 Å². The normalized spacial score (nSPS) is 29.1. The number of hydrogen-bond acceptors (Lipinski definition) is 6. The van der Waals surface area contributed by atoms with Crippen molar-refractivity contribution in [1.29, 1.82) is 0 Å². The lowest BCUT2D eigenvalue weighted by Crippen LogP contribution is -2.29. The fourth-order valence-corrected chi connectivity index (χ4v) is 6.37. The van der Waals surface area contributed by atoms with Gasteiger partial charge >= 0.3 is 5.97 Å². The van der Waals surface area contributed by atoms with E-state index in [0.29, 0.717) is 24.6 Å². The van der Waals surface area contributed by atoms with Crippen molar-refractivity contribution in [2.24, 2.45) is 11.3 Å². The summed E-state index contributed by atoms with van der Waals surface area (Å²) in [5, 5.41) is 9.10. The predicted octanol–water partition coefficient (Wildman–Crippen LogP) is 0.298. The third-order valence-electron chi connectivity index (χ3n) is 4.86. The third-order valence-corrected chi connectivity index (χ3v) is 6.87. The van der Waals surface area contributed by atoms with E-state index in [1.807, 2.05) is 11.8 Å². The van der Waals surface area contributed by atoms with Gasteiger partial charge in [-0.15, -0.1) is 0 Å². The van der Waals surface area contributed by atoms with Crippen molar-refractivity contribution in [3.63, 3.8) is 0 Å². The van der Waals surface area contributed by atoms with Crippen molar-refractivity contribution < 1.29 is 18.3 Å². The van der Waals surface area contributed by atoms with Crippen LogP contribution in [0.1, 0.15) is 17.4 Å². The zero-order valence-electron chi connectivity index (χ0n) is 12.5. The lowest BCUT2D eigenvalue weighted by Gasteiger charge is -2.22. The minimum absolute atomic E-state index is 0.0348. The lowest BCUT2D eigenvalue weighted by molar-refractivity contribution is 0.0691. The van der Waals surface area contributed by atoms with Crippen LogP contribution in [-0.2, 0) is 9.84 Å². The number of rotatable bonds is 2. The van der Waals surface area contributed by atoms with Crippen LogP contribution in [0.25, 0.3) is 5.65 Å². The first-order valence-electron chi connectivity index (χ1n) is 7.30. The molecule has 2 saturated heterocycles. The molecule has 2 atom stereocenters. The molecule has 1 N–H and O–H groups in total. The lowest BCUT2D eigenvalue weighted by atomic mass is 9.84. The second-order valence-corrected chi connectivity index (χ2v) is 8.81. The molecule has 23 heavy (non-hydrogen) atoms. The zero-order valence-corrected chi connectivity index (χ0v) is 13.3. The van der Waals surface area contributed by atoms with Crippen molar-refractivity contribution in [2.75, 3.05) is 29.5 Å². The molecule has 122 valence electrons. The quantitative estimate of drug-likeness (QED) is 0.841.